The summed E-state index contributed by atoms with van der Waals surface area (Å²) >= 11 is 1.61. The molecule has 1 aromatic carbocycles. The van der Waals surface area contributed by atoms with Crippen LogP contribution < -0.4 is 10.1 Å². The minimum Gasteiger partial charge on any atom is -0.484 e. The lowest BCUT2D eigenvalue weighted by molar-refractivity contribution is -0.308. The number of ether oxygens (including phenoxy) is 1. The zero-order chi connectivity index (χ0) is 19.3. The van der Waals surface area contributed by atoms with Crippen LogP contribution in [0.15, 0.2) is 23.7 Å². The van der Waals surface area contributed by atoms with E-state index in [0.29, 0.717) is 36.8 Å². The number of rotatable bonds is 4. The van der Waals surface area contributed by atoms with E-state index in [4.69, 9.17) is 4.74 Å². The van der Waals surface area contributed by atoms with E-state index in [1.54, 1.807) is 11.3 Å². The maximum Gasteiger partial charge on any atom is 0.318 e. The Hall–Kier alpha value is -1.86. The van der Waals surface area contributed by atoms with E-state index in [1.165, 1.54) is 0 Å². The molecule has 7 heteroatoms. The molecule has 0 bridgehead atoms. The maximum atomic E-state index is 12.7. The Morgan fingerprint density at radius 3 is 2.79 bits per heavy atom. The first kappa shape index (κ1) is 17.0. The molecule has 4 aliphatic rings. The second-order valence-corrected chi connectivity index (χ2v) is 10.5. The average Bonchev–Trinajstić information content (AvgIpc) is 3.05. The molecule has 1 aliphatic heterocycles. The number of carbonyl (C=O) groups is 1. The molecule has 3 saturated carbocycles. The molecule has 3 aliphatic carbocycles. The highest BCUT2D eigenvalue weighted by Crippen LogP contribution is 2.76. The molecule has 28 heavy (non-hydrogen) atoms. The van der Waals surface area contributed by atoms with Gasteiger partial charge in [0, 0.05) is 5.54 Å². The monoisotopic (exact) mass is 399 g/mol. The van der Waals surface area contributed by atoms with Gasteiger partial charge in [-0.25, -0.2) is 9.78 Å². The van der Waals surface area contributed by atoms with Gasteiger partial charge in [0.25, 0.3) is 0 Å². The van der Waals surface area contributed by atoms with Gasteiger partial charge < -0.3 is 20.1 Å². The van der Waals surface area contributed by atoms with Crippen molar-refractivity contribution in [2.45, 2.75) is 43.9 Å². The van der Waals surface area contributed by atoms with E-state index in [0.717, 1.165) is 28.8 Å². The zero-order valence-electron chi connectivity index (χ0n) is 16.1. The summed E-state index contributed by atoms with van der Waals surface area (Å²) in [4.78, 5) is 18.9. The third-order valence-corrected chi connectivity index (χ3v) is 8.40. The van der Waals surface area contributed by atoms with Crippen molar-refractivity contribution in [3.63, 3.8) is 0 Å². The van der Waals surface area contributed by atoms with Gasteiger partial charge >= 0.3 is 6.03 Å². The van der Waals surface area contributed by atoms with Gasteiger partial charge in [-0.05, 0) is 62.5 Å². The topological polar surface area (TPSA) is 74.7 Å². The number of para-hydroxylation sites is 1. The Balaban J connectivity index is 1.03. The fraction of sp³-hybridized carbons (Fsp3) is 0.619. The fourth-order valence-electron chi connectivity index (χ4n) is 6.48. The Morgan fingerprint density at radius 2 is 2.11 bits per heavy atom. The van der Waals surface area contributed by atoms with Crippen LogP contribution in [0, 0.1) is 23.7 Å². The van der Waals surface area contributed by atoms with E-state index in [2.05, 4.69) is 10.3 Å². The lowest BCUT2D eigenvalue weighted by Crippen LogP contribution is -2.86. The largest absolute Gasteiger partial charge is 0.484 e. The first-order valence-electron chi connectivity index (χ1n) is 10.1. The molecule has 0 spiro atoms. The van der Waals surface area contributed by atoms with Crippen LogP contribution in [0.2, 0.25) is 0 Å². The van der Waals surface area contributed by atoms with Gasteiger partial charge in [-0.1, -0.05) is 6.07 Å². The van der Waals surface area contributed by atoms with Gasteiger partial charge in [0.2, 0.25) is 0 Å². The first-order chi connectivity index (χ1) is 13.4. The number of likely N-dealkylation sites (tertiary alicyclic amines) is 1. The lowest BCUT2D eigenvalue weighted by Gasteiger charge is -2.80. The minimum absolute atomic E-state index is 0.00625. The van der Waals surface area contributed by atoms with Crippen LogP contribution >= 0.6 is 11.3 Å². The summed E-state index contributed by atoms with van der Waals surface area (Å²) in [5.74, 6) is 2.98. The number of hydrogen-bond donors (Lipinski definition) is 2. The number of hydrogen-bond acceptors (Lipinski definition) is 5. The number of benzene rings is 1. The Morgan fingerprint density at radius 1 is 1.36 bits per heavy atom. The van der Waals surface area contributed by atoms with Crippen LogP contribution in [-0.2, 0) is 0 Å². The molecule has 2 aromatic rings. The van der Waals surface area contributed by atoms with Gasteiger partial charge in [-0.2, -0.15) is 0 Å². The zero-order valence-corrected chi connectivity index (χ0v) is 16.9. The summed E-state index contributed by atoms with van der Waals surface area (Å²) in [6.45, 7) is 5.09. The van der Waals surface area contributed by atoms with Crippen LogP contribution in [-0.4, -0.2) is 51.4 Å². The molecule has 2 atom stereocenters. The first-order valence-corrected chi connectivity index (χ1v) is 11.0. The highest BCUT2D eigenvalue weighted by molar-refractivity contribution is 7.16. The normalized spacial score (nSPS) is 35.9. The van der Waals surface area contributed by atoms with Crippen molar-refractivity contribution in [3.05, 3.63) is 23.7 Å². The Labute approximate surface area is 167 Å². The van der Waals surface area contributed by atoms with Crippen molar-refractivity contribution >= 4 is 27.6 Å². The average molecular weight is 400 g/mol. The van der Waals surface area contributed by atoms with Crippen LogP contribution in [0.3, 0.4) is 0 Å². The van der Waals surface area contributed by atoms with Crippen molar-refractivity contribution < 1.29 is 14.6 Å². The quantitative estimate of drug-likeness (QED) is 0.829. The summed E-state index contributed by atoms with van der Waals surface area (Å²) in [6, 6.07) is 6.01. The molecular weight excluding hydrogens is 374 g/mol. The Kier molecular flexibility index (Phi) is 3.28. The van der Waals surface area contributed by atoms with Crippen LogP contribution in [0.5, 0.6) is 5.75 Å². The highest BCUT2D eigenvalue weighted by Gasteiger charge is 2.78. The molecule has 6 rings (SSSR count). The molecule has 2 amide bonds. The number of nitrogens with one attached hydrogen (secondary N) is 1. The molecule has 148 valence electrons. The number of amides is 2. The summed E-state index contributed by atoms with van der Waals surface area (Å²) in [5.41, 5.74) is 2.15. The fourth-order valence-corrected chi connectivity index (χ4v) is 7.17. The van der Waals surface area contributed by atoms with Gasteiger partial charge in [0.15, 0.2) is 0 Å². The number of fused-ring (bicyclic) bond motifs is 1. The molecule has 4 fully saturated rings. The van der Waals surface area contributed by atoms with Gasteiger partial charge in [0.1, 0.15) is 17.4 Å². The standard InChI is InChI=1S/C21H25N3O3S/c1-20(2,26)16-12-6-21(7-13(16)17(12)21)23-19(25)24-8-11(9-24)27-14-4-3-5-15-18(14)22-10-28-15/h3-5,10-13,16-17,26H,6-9H2,1-2H3,(H,23,25). The predicted molar refractivity (Wildman–Crippen MR) is 106 cm³/mol. The van der Waals surface area contributed by atoms with Crippen molar-refractivity contribution in [2.24, 2.45) is 23.7 Å². The highest BCUT2D eigenvalue weighted by atomic mass is 32.1. The van der Waals surface area contributed by atoms with E-state index in [1.807, 2.05) is 42.5 Å². The lowest BCUT2D eigenvalue weighted by atomic mass is 9.27. The smallest absolute Gasteiger partial charge is 0.318 e. The number of urea groups is 1. The number of aromatic nitrogens is 1. The second kappa shape index (κ2) is 5.39. The molecule has 0 radical (unpaired) electrons. The van der Waals surface area contributed by atoms with Crippen LogP contribution in [0.25, 0.3) is 10.2 Å². The van der Waals surface area contributed by atoms with Crippen molar-refractivity contribution in [1.29, 1.82) is 0 Å². The van der Waals surface area contributed by atoms with Gasteiger partial charge in [-0.15, -0.1) is 11.3 Å². The van der Waals surface area contributed by atoms with Gasteiger partial charge in [-0.3, -0.25) is 0 Å². The molecule has 1 aromatic heterocycles. The molecule has 2 unspecified atom stereocenters. The van der Waals surface area contributed by atoms with Gasteiger partial charge in [0.05, 0.1) is 28.9 Å². The molecule has 2 N–H and O–H groups in total. The molecule has 2 heterocycles. The van der Waals surface area contributed by atoms with Crippen molar-refractivity contribution in [1.82, 2.24) is 15.2 Å². The number of nitrogens with zero attached hydrogens (tertiary/aromatic N) is 2. The number of aliphatic hydroxyl groups is 1. The van der Waals surface area contributed by atoms with E-state index >= 15 is 0 Å². The van der Waals surface area contributed by atoms with E-state index < -0.39 is 5.60 Å². The van der Waals surface area contributed by atoms with Crippen molar-refractivity contribution in [3.8, 4) is 5.75 Å². The summed E-state index contributed by atoms with van der Waals surface area (Å²) in [5, 5.41) is 13.7. The predicted octanol–water partition coefficient (Wildman–Crippen LogP) is 2.86. The third-order valence-electron chi connectivity index (χ3n) is 7.61. The van der Waals surface area contributed by atoms with Crippen LogP contribution in [0.4, 0.5) is 4.79 Å². The molecular formula is C21H25N3O3S. The molecule has 6 nitrogen and oxygen atoms in total. The van der Waals surface area contributed by atoms with Crippen molar-refractivity contribution in [2.75, 3.05) is 13.1 Å². The molecule has 1 saturated heterocycles. The minimum atomic E-state index is -0.593. The number of carbonyl (C=O) groups excluding carboxylic acids is 1. The maximum absolute atomic E-state index is 12.7. The SMILES string of the molecule is CC(C)(O)C1C2CC3(NC(=O)N4CC(Oc5cccc6scnc56)C4)CC1C23. The third kappa shape index (κ3) is 2.17. The van der Waals surface area contributed by atoms with E-state index in [-0.39, 0.29) is 17.7 Å². The van der Waals surface area contributed by atoms with E-state index in [9.17, 15) is 9.90 Å². The summed E-state index contributed by atoms with van der Waals surface area (Å²) < 4.78 is 7.20. The second-order valence-electron chi connectivity index (χ2n) is 9.63. The number of thiazole rings is 1. The Bertz CT molecular complexity index is 947. The summed E-state index contributed by atoms with van der Waals surface area (Å²) in [6.07, 6.45) is 2.07. The summed E-state index contributed by atoms with van der Waals surface area (Å²) in [7, 11) is 0. The van der Waals surface area contributed by atoms with Crippen LogP contribution in [0.1, 0.15) is 26.7 Å².